The fourth-order valence-electron chi connectivity index (χ4n) is 4.08. The summed E-state index contributed by atoms with van der Waals surface area (Å²) in [6.07, 6.45) is 0.159. The van der Waals surface area contributed by atoms with Crippen LogP contribution in [0.2, 0.25) is 0 Å². The molecule has 0 aliphatic carbocycles. The highest BCUT2D eigenvalue weighted by Gasteiger charge is 2.30. The number of amides is 2. The van der Waals surface area contributed by atoms with Crippen molar-refractivity contribution < 1.29 is 9.59 Å². The summed E-state index contributed by atoms with van der Waals surface area (Å²) in [4.78, 5) is 32.5. The molecule has 2 amide bonds. The van der Waals surface area contributed by atoms with Gasteiger partial charge in [0.25, 0.3) is 5.91 Å². The van der Waals surface area contributed by atoms with Crippen LogP contribution < -0.4 is 10.2 Å². The predicted octanol–water partition coefficient (Wildman–Crippen LogP) is 3.94. The fraction of sp³-hybridized carbons (Fsp3) is 0.160. The second-order valence-corrected chi connectivity index (χ2v) is 7.60. The highest BCUT2D eigenvalue weighted by Crippen LogP contribution is 2.29. The highest BCUT2D eigenvalue weighted by atomic mass is 16.2. The first kappa shape index (κ1) is 19.1. The Labute approximate surface area is 180 Å². The van der Waals surface area contributed by atoms with Crippen LogP contribution in [0.15, 0.2) is 84.9 Å². The van der Waals surface area contributed by atoms with Crippen LogP contribution >= 0.6 is 0 Å². The molecule has 1 aliphatic rings. The summed E-state index contributed by atoms with van der Waals surface area (Å²) < 4.78 is 2.08. The van der Waals surface area contributed by atoms with Gasteiger partial charge in [-0.1, -0.05) is 60.7 Å². The standard InChI is InChI=1S/C25H22N4O2/c30-23(29-16-15-28-22-14-8-7-13-20(22)27-25(28)29)17-21(18-9-3-1-4-10-18)26-24(31)19-11-5-2-6-12-19/h1-14,21H,15-17H2,(H,26,31). The lowest BCUT2D eigenvalue weighted by Crippen LogP contribution is -2.36. The number of rotatable bonds is 5. The van der Waals surface area contributed by atoms with Crippen molar-refractivity contribution in [1.29, 1.82) is 0 Å². The molecule has 1 N–H and O–H groups in total. The highest BCUT2D eigenvalue weighted by molar-refractivity contribution is 5.97. The number of hydrogen-bond acceptors (Lipinski definition) is 3. The molecule has 1 aliphatic heterocycles. The zero-order chi connectivity index (χ0) is 21.2. The number of nitrogens with one attached hydrogen (secondary N) is 1. The van der Waals surface area contributed by atoms with Crippen LogP contribution in [0, 0.1) is 0 Å². The van der Waals surface area contributed by atoms with E-state index < -0.39 is 6.04 Å². The van der Waals surface area contributed by atoms with Crippen molar-refractivity contribution in [2.75, 3.05) is 11.4 Å². The molecule has 0 radical (unpaired) electrons. The summed E-state index contributed by atoms with van der Waals surface area (Å²) in [6, 6.07) is 26.1. The topological polar surface area (TPSA) is 67.2 Å². The van der Waals surface area contributed by atoms with E-state index in [9.17, 15) is 9.59 Å². The van der Waals surface area contributed by atoms with Gasteiger partial charge in [-0.05, 0) is 29.8 Å². The maximum absolute atomic E-state index is 13.3. The number of hydrogen-bond donors (Lipinski definition) is 1. The van der Waals surface area contributed by atoms with Gasteiger partial charge in [0, 0.05) is 18.7 Å². The fourth-order valence-corrected chi connectivity index (χ4v) is 4.08. The largest absolute Gasteiger partial charge is 0.345 e. The molecule has 31 heavy (non-hydrogen) atoms. The Hall–Kier alpha value is -3.93. The smallest absolute Gasteiger partial charge is 0.251 e. The molecule has 2 heterocycles. The number of carbonyl (C=O) groups is 2. The third kappa shape index (κ3) is 3.68. The van der Waals surface area contributed by atoms with Gasteiger partial charge >= 0.3 is 0 Å². The Morgan fingerprint density at radius 1 is 0.871 bits per heavy atom. The summed E-state index contributed by atoms with van der Waals surface area (Å²) in [5, 5.41) is 3.04. The van der Waals surface area contributed by atoms with E-state index in [1.165, 1.54) is 0 Å². The molecule has 6 nitrogen and oxygen atoms in total. The second kappa shape index (κ2) is 8.07. The first-order valence-electron chi connectivity index (χ1n) is 10.4. The van der Waals surface area contributed by atoms with Gasteiger partial charge in [0.05, 0.1) is 23.5 Å². The van der Waals surface area contributed by atoms with Crippen LogP contribution in [0.4, 0.5) is 5.95 Å². The number of aromatic nitrogens is 2. The van der Waals surface area contributed by atoms with E-state index in [-0.39, 0.29) is 18.2 Å². The van der Waals surface area contributed by atoms with E-state index in [4.69, 9.17) is 0 Å². The Balaban J connectivity index is 1.40. The minimum Gasteiger partial charge on any atom is -0.345 e. The van der Waals surface area contributed by atoms with Crippen LogP contribution in [0.1, 0.15) is 28.4 Å². The van der Waals surface area contributed by atoms with Crippen LogP contribution in [-0.4, -0.2) is 27.9 Å². The molecular formula is C25H22N4O2. The lowest BCUT2D eigenvalue weighted by Gasteiger charge is -2.22. The van der Waals surface area contributed by atoms with E-state index >= 15 is 0 Å². The molecule has 4 aromatic rings. The monoisotopic (exact) mass is 410 g/mol. The molecule has 0 saturated heterocycles. The van der Waals surface area contributed by atoms with Crippen molar-refractivity contribution in [2.45, 2.75) is 19.0 Å². The summed E-state index contributed by atoms with van der Waals surface area (Å²) >= 11 is 0. The zero-order valence-electron chi connectivity index (χ0n) is 16.9. The van der Waals surface area contributed by atoms with Gasteiger partial charge < -0.3 is 9.88 Å². The summed E-state index contributed by atoms with van der Waals surface area (Å²) in [7, 11) is 0. The Kier molecular flexibility index (Phi) is 4.96. The number of anilines is 1. The average Bonchev–Trinajstić information content (AvgIpc) is 3.39. The third-order valence-electron chi connectivity index (χ3n) is 5.65. The first-order valence-corrected chi connectivity index (χ1v) is 10.4. The van der Waals surface area contributed by atoms with Crippen molar-refractivity contribution in [3.8, 4) is 0 Å². The predicted molar refractivity (Wildman–Crippen MR) is 120 cm³/mol. The minimum absolute atomic E-state index is 0.0590. The lowest BCUT2D eigenvalue weighted by molar-refractivity contribution is -0.119. The minimum atomic E-state index is -0.431. The van der Waals surface area contributed by atoms with Gasteiger partial charge in [-0.25, -0.2) is 4.98 Å². The maximum Gasteiger partial charge on any atom is 0.251 e. The van der Waals surface area contributed by atoms with Gasteiger partial charge in [-0.15, -0.1) is 0 Å². The number of fused-ring (bicyclic) bond motifs is 3. The molecule has 1 aromatic heterocycles. The Morgan fingerprint density at radius 2 is 1.55 bits per heavy atom. The molecule has 0 bridgehead atoms. The molecule has 5 rings (SSSR count). The van der Waals surface area contributed by atoms with Gasteiger partial charge in [0.1, 0.15) is 0 Å². The Morgan fingerprint density at radius 3 is 2.32 bits per heavy atom. The molecular weight excluding hydrogens is 388 g/mol. The number of benzene rings is 3. The van der Waals surface area contributed by atoms with E-state index in [0.29, 0.717) is 24.6 Å². The van der Waals surface area contributed by atoms with Crippen molar-refractivity contribution >= 4 is 28.8 Å². The van der Waals surface area contributed by atoms with E-state index in [0.717, 1.165) is 16.6 Å². The Bertz CT molecular complexity index is 1230. The third-order valence-corrected chi connectivity index (χ3v) is 5.65. The van der Waals surface area contributed by atoms with Crippen LogP contribution in [-0.2, 0) is 11.3 Å². The van der Waals surface area contributed by atoms with Gasteiger partial charge in [0.2, 0.25) is 11.9 Å². The number of para-hydroxylation sites is 2. The molecule has 0 fully saturated rings. The van der Waals surface area contributed by atoms with Gasteiger partial charge in [0.15, 0.2) is 0 Å². The molecule has 3 aromatic carbocycles. The van der Waals surface area contributed by atoms with E-state index in [1.54, 1.807) is 17.0 Å². The zero-order valence-corrected chi connectivity index (χ0v) is 16.9. The summed E-state index contributed by atoms with van der Waals surface area (Å²) in [5.41, 5.74) is 3.38. The summed E-state index contributed by atoms with van der Waals surface area (Å²) in [6.45, 7) is 1.30. The molecule has 154 valence electrons. The van der Waals surface area contributed by atoms with Crippen molar-refractivity contribution in [1.82, 2.24) is 14.9 Å². The normalized spacial score (nSPS) is 13.7. The molecule has 1 atom stereocenters. The molecule has 0 spiro atoms. The summed E-state index contributed by atoms with van der Waals surface area (Å²) in [5.74, 6) is 0.416. The average molecular weight is 410 g/mol. The molecule has 1 unspecified atom stereocenters. The molecule has 6 heteroatoms. The number of nitrogens with zero attached hydrogens (tertiary/aromatic N) is 3. The maximum atomic E-state index is 13.3. The number of imidazole rings is 1. The molecule has 0 saturated carbocycles. The second-order valence-electron chi connectivity index (χ2n) is 7.60. The van der Waals surface area contributed by atoms with Crippen molar-refractivity contribution in [2.24, 2.45) is 0 Å². The number of carbonyl (C=O) groups excluding carboxylic acids is 2. The van der Waals surface area contributed by atoms with E-state index in [1.807, 2.05) is 72.8 Å². The van der Waals surface area contributed by atoms with Crippen LogP contribution in [0.3, 0.4) is 0 Å². The van der Waals surface area contributed by atoms with Crippen molar-refractivity contribution in [3.05, 3.63) is 96.1 Å². The van der Waals surface area contributed by atoms with Gasteiger partial charge in [-0.3, -0.25) is 14.5 Å². The van der Waals surface area contributed by atoms with Crippen LogP contribution in [0.5, 0.6) is 0 Å². The quantitative estimate of drug-likeness (QED) is 0.542. The van der Waals surface area contributed by atoms with Crippen LogP contribution in [0.25, 0.3) is 11.0 Å². The van der Waals surface area contributed by atoms with Gasteiger partial charge in [-0.2, -0.15) is 0 Å². The van der Waals surface area contributed by atoms with Crippen molar-refractivity contribution in [3.63, 3.8) is 0 Å². The first-order chi connectivity index (χ1) is 15.2. The van der Waals surface area contributed by atoms with E-state index in [2.05, 4.69) is 14.9 Å². The lowest BCUT2D eigenvalue weighted by atomic mass is 10.0. The SMILES string of the molecule is O=C(NC(CC(=O)N1CCn2c1nc1ccccc12)c1ccccc1)c1ccccc1.